The molecule has 110 valence electrons. The van der Waals surface area contributed by atoms with Crippen molar-refractivity contribution < 1.29 is 9.53 Å². The highest BCUT2D eigenvalue weighted by Crippen LogP contribution is 2.25. The molecule has 2 aromatic rings. The summed E-state index contributed by atoms with van der Waals surface area (Å²) in [5, 5.41) is 3.21. The lowest BCUT2D eigenvalue weighted by Crippen LogP contribution is -2.20. The first-order valence-electron chi connectivity index (χ1n) is 6.50. The summed E-state index contributed by atoms with van der Waals surface area (Å²) in [5.74, 6) is 0.228. The molecule has 1 amide bonds. The summed E-state index contributed by atoms with van der Waals surface area (Å²) in [6.07, 6.45) is 0. The molecule has 2 rings (SSSR count). The molecular formula is C16H17ClN2O2. The van der Waals surface area contributed by atoms with E-state index in [-0.39, 0.29) is 12.5 Å². The molecule has 0 bridgehead atoms. The number of ether oxygens (including phenoxy) is 1. The zero-order valence-corrected chi connectivity index (χ0v) is 12.7. The first kappa shape index (κ1) is 15.2. The number of nitrogens with two attached hydrogens (primary N) is 1. The van der Waals surface area contributed by atoms with Gasteiger partial charge in [-0.1, -0.05) is 23.7 Å². The van der Waals surface area contributed by atoms with E-state index in [4.69, 9.17) is 22.1 Å². The zero-order valence-electron chi connectivity index (χ0n) is 11.9. The normalized spacial score (nSPS) is 10.2. The van der Waals surface area contributed by atoms with Crippen LogP contribution in [0.15, 0.2) is 36.4 Å². The minimum Gasteiger partial charge on any atom is -0.482 e. The van der Waals surface area contributed by atoms with Crippen molar-refractivity contribution in [2.75, 3.05) is 17.7 Å². The molecule has 0 aliphatic heterocycles. The molecule has 0 unspecified atom stereocenters. The fourth-order valence-corrected chi connectivity index (χ4v) is 1.95. The van der Waals surface area contributed by atoms with Gasteiger partial charge in [0.15, 0.2) is 6.61 Å². The molecule has 0 saturated heterocycles. The van der Waals surface area contributed by atoms with Gasteiger partial charge < -0.3 is 15.8 Å². The summed E-state index contributed by atoms with van der Waals surface area (Å²) in [7, 11) is 0. The second-order valence-electron chi connectivity index (χ2n) is 4.84. The van der Waals surface area contributed by atoms with E-state index in [0.29, 0.717) is 22.1 Å². The third-order valence-corrected chi connectivity index (χ3v) is 3.32. The molecule has 0 aromatic heterocycles. The monoisotopic (exact) mass is 304 g/mol. The number of aryl methyl sites for hydroxylation is 2. The SMILES string of the molecule is Cc1ccc(Cl)c(OCC(=O)Nc2ccc(C)c(N)c2)c1. The maximum Gasteiger partial charge on any atom is 0.262 e. The molecular weight excluding hydrogens is 288 g/mol. The van der Waals surface area contributed by atoms with Crippen molar-refractivity contribution in [1.29, 1.82) is 0 Å². The van der Waals surface area contributed by atoms with Gasteiger partial charge in [-0.15, -0.1) is 0 Å². The lowest BCUT2D eigenvalue weighted by atomic mass is 10.2. The fraction of sp³-hybridized carbons (Fsp3) is 0.188. The lowest BCUT2D eigenvalue weighted by Gasteiger charge is -2.10. The summed E-state index contributed by atoms with van der Waals surface area (Å²) in [4.78, 5) is 11.9. The van der Waals surface area contributed by atoms with Crippen LogP contribution in [0.2, 0.25) is 5.02 Å². The quantitative estimate of drug-likeness (QED) is 0.849. The Labute approximate surface area is 128 Å². The van der Waals surface area contributed by atoms with E-state index >= 15 is 0 Å². The van der Waals surface area contributed by atoms with E-state index in [9.17, 15) is 4.79 Å². The predicted molar refractivity (Wildman–Crippen MR) is 85.9 cm³/mol. The van der Waals surface area contributed by atoms with E-state index in [1.165, 1.54) is 0 Å². The third-order valence-electron chi connectivity index (χ3n) is 3.01. The van der Waals surface area contributed by atoms with Gasteiger partial charge in [0.25, 0.3) is 5.91 Å². The van der Waals surface area contributed by atoms with Crippen LogP contribution in [0.3, 0.4) is 0 Å². The average molecular weight is 305 g/mol. The molecule has 0 aliphatic rings. The van der Waals surface area contributed by atoms with Crippen LogP contribution >= 0.6 is 11.6 Å². The first-order chi connectivity index (χ1) is 9.95. The van der Waals surface area contributed by atoms with Gasteiger partial charge in [-0.05, 0) is 49.2 Å². The number of hydrogen-bond donors (Lipinski definition) is 2. The average Bonchev–Trinajstić information content (AvgIpc) is 2.44. The molecule has 4 nitrogen and oxygen atoms in total. The summed E-state index contributed by atoms with van der Waals surface area (Å²) in [6.45, 7) is 3.72. The summed E-state index contributed by atoms with van der Waals surface area (Å²) < 4.78 is 5.43. The van der Waals surface area contributed by atoms with Crippen molar-refractivity contribution in [3.05, 3.63) is 52.5 Å². The van der Waals surface area contributed by atoms with Gasteiger partial charge in [-0.25, -0.2) is 0 Å². The van der Waals surface area contributed by atoms with Crippen LogP contribution < -0.4 is 15.8 Å². The summed E-state index contributed by atoms with van der Waals surface area (Å²) >= 11 is 6.00. The Morgan fingerprint density at radius 3 is 2.71 bits per heavy atom. The van der Waals surface area contributed by atoms with Crippen molar-refractivity contribution in [3.8, 4) is 5.75 Å². The molecule has 0 saturated carbocycles. The number of hydrogen-bond acceptors (Lipinski definition) is 3. The molecule has 0 aliphatic carbocycles. The van der Waals surface area contributed by atoms with Crippen molar-refractivity contribution in [2.45, 2.75) is 13.8 Å². The first-order valence-corrected chi connectivity index (χ1v) is 6.88. The van der Waals surface area contributed by atoms with Crippen LogP contribution in [0.1, 0.15) is 11.1 Å². The number of carbonyl (C=O) groups excluding carboxylic acids is 1. The molecule has 0 radical (unpaired) electrons. The second-order valence-corrected chi connectivity index (χ2v) is 5.25. The van der Waals surface area contributed by atoms with Gasteiger partial charge >= 0.3 is 0 Å². The van der Waals surface area contributed by atoms with Gasteiger partial charge in [-0.3, -0.25) is 4.79 Å². The topological polar surface area (TPSA) is 64.3 Å². The fourth-order valence-electron chi connectivity index (χ4n) is 1.78. The summed E-state index contributed by atoms with van der Waals surface area (Å²) in [6, 6.07) is 10.8. The number of rotatable bonds is 4. The molecule has 0 spiro atoms. The van der Waals surface area contributed by atoms with Crippen molar-refractivity contribution in [2.24, 2.45) is 0 Å². The minimum absolute atomic E-state index is 0.114. The van der Waals surface area contributed by atoms with Gasteiger partial charge in [0.05, 0.1) is 5.02 Å². The maximum atomic E-state index is 11.9. The smallest absolute Gasteiger partial charge is 0.262 e. The molecule has 0 heterocycles. The Bertz CT molecular complexity index is 671. The number of nitrogens with one attached hydrogen (secondary N) is 1. The zero-order chi connectivity index (χ0) is 15.4. The highest BCUT2D eigenvalue weighted by molar-refractivity contribution is 6.32. The largest absolute Gasteiger partial charge is 0.482 e. The number of anilines is 2. The highest BCUT2D eigenvalue weighted by Gasteiger charge is 2.07. The Kier molecular flexibility index (Phi) is 4.70. The van der Waals surface area contributed by atoms with E-state index < -0.39 is 0 Å². The van der Waals surface area contributed by atoms with Gasteiger partial charge in [0.1, 0.15) is 5.75 Å². The van der Waals surface area contributed by atoms with Crippen LogP contribution in [-0.2, 0) is 4.79 Å². The molecule has 21 heavy (non-hydrogen) atoms. The van der Waals surface area contributed by atoms with Gasteiger partial charge in [0, 0.05) is 11.4 Å². The molecule has 0 fully saturated rings. The van der Waals surface area contributed by atoms with Crippen molar-refractivity contribution >= 4 is 28.9 Å². The minimum atomic E-state index is -0.268. The number of benzene rings is 2. The Morgan fingerprint density at radius 1 is 1.24 bits per heavy atom. The number of amides is 1. The third kappa shape index (κ3) is 4.13. The van der Waals surface area contributed by atoms with Crippen LogP contribution in [0.4, 0.5) is 11.4 Å². The lowest BCUT2D eigenvalue weighted by molar-refractivity contribution is -0.118. The van der Waals surface area contributed by atoms with E-state index in [2.05, 4.69) is 5.32 Å². The highest BCUT2D eigenvalue weighted by atomic mass is 35.5. The number of nitrogen functional groups attached to an aromatic ring is 1. The Morgan fingerprint density at radius 2 is 2.00 bits per heavy atom. The molecule has 0 atom stereocenters. The molecule has 3 N–H and O–H groups in total. The van der Waals surface area contributed by atoms with Gasteiger partial charge in [0.2, 0.25) is 0 Å². The number of carbonyl (C=O) groups is 1. The van der Waals surface area contributed by atoms with E-state index in [1.807, 2.05) is 26.0 Å². The van der Waals surface area contributed by atoms with Crippen molar-refractivity contribution in [1.82, 2.24) is 0 Å². The second kappa shape index (κ2) is 6.50. The Balaban J connectivity index is 1.95. The molecule has 2 aromatic carbocycles. The maximum absolute atomic E-state index is 11.9. The van der Waals surface area contributed by atoms with Gasteiger partial charge in [-0.2, -0.15) is 0 Å². The Hall–Kier alpha value is -2.20. The van der Waals surface area contributed by atoms with Crippen LogP contribution in [0.5, 0.6) is 5.75 Å². The van der Waals surface area contributed by atoms with E-state index in [1.54, 1.807) is 24.3 Å². The van der Waals surface area contributed by atoms with Crippen LogP contribution in [0.25, 0.3) is 0 Å². The van der Waals surface area contributed by atoms with Crippen molar-refractivity contribution in [3.63, 3.8) is 0 Å². The van der Waals surface area contributed by atoms with Crippen LogP contribution in [0, 0.1) is 13.8 Å². The standard InChI is InChI=1S/C16H17ClN2O2/c1-10-3-6-13(17)15(7-10)21-9-16(20)19-12-5-4-11(2)14(18)8-12/h3-8H,9,18H2,1-2H3,(H,19,20). The summed E-state index contributed by atoms with van der Waals surface area (Å²) in [5.41, 5.74) is 9.06. The van der Waals surface area contributed by atoms with Crippen LogP contribution in [-0.4, -0.2) is 12.5 Å². The predicted octanol–water partition coefficient (Wildman–Crippen LogP) is 3.56. The van der Waals surface area contributed by atoms with E-state index in [0.717, 1.165) is 11.1 Å². The number of halogens is 1. The molecule has 5 heteroatoms.